The van der Waals surface area contributed by atoms with Crippen LogP contribution in [0.2, 0.25) is 0 Å². The van der Waals surface area contributed by atoms with Crippen LogP contribution in [0.1, 0.15) is 17.4 Å². The Balaban J connectivity index is 1.56. The van der Waals surface area contributed by atoms with Crippen LogP contribution in [0.15, 0.2) is 40.8 Å². The van der Waals surface area contributed by atoms with Crippen LogP contribution in [0.5, 0.6) is 0 Å². The monoisotopic (exact) mass is 411 g/mol. The second-order valence-electron chi connectivity index (χ2n) is 6.33. The lowest BCUT2D eigenvalue weighted by Gasteiger charge is -2.11. The molecular weight excluding hydrogens is 394 g/mol. The molecule has 3 heterocycles. The lowest BCUT2D eigenvalue weighted by Crippen LogP contribution is -2.27. The van der Waals surface area contributed by atoms with Crippen LogP contribution in [-0.4, -0.2) is 25.0 Å². The molecule has 1 aromatic carbocycles. The van der Waals surface area contributed by atoms with E-state index in [0.717, 1.165) is 28.1 Å². The average Bonchev–Trinajstić information content (AvgIpc) is 3.36. The molecule has 0 unspecified atom stereocenters. The summed E-state index contributed by atoms with van der Waals surface area (Å²) < 4.78 is 5.21. The summed E-state index contributed by atoms with van der Waals surface area (Å²) >= 11 is 2.78. The number of benzene rings is 1. The van der Waals surface area contributed by atoms with Crippen LogP contribution >= 0.6 is 22.9 Å². The number of rotatable bonds is 5. The fraction of sp³-hybridized carbons (Fsp3) is 0.211. The first-order valence-corrected chi connectivity index (χ1v) is 10.4. The molecule has 3 aromatic heterocycles. The van der Waals surface area contributed by atoms with Crippen LogP contribution in [0.4, 0.5) is 5.69 Å². The summed E-state index contributed by atoms with van der Waals surface area (Å²) in [5, 5.41) is 9.35. The van der Waals surface area contributed by atoms with Crippen molar-refractivity contribution in [2.75, 3.05) is 5.32 Å². The summed E-state index contributed by atoms with van der Waals surface area (Å²) in [5.74, 6) is -0.286. The Morgan fingerprint density at radius 3 is 2.89 bits per heavy atom. The zero-order valence-electron chi connectivity index (χ0n) is 15.3. The van der Waals surface area contributed by atoms with Gasteiger partial charge in [-0.2, -0.15) is 0 Å². The lowest BCUT2D eigenvalue weighted by atomic mass is 10.1. The second kappa shape index (κ2) is 7.61. The van der Waals surface area contributed by atoms with Gasteiger partial charge in [0.25, 0.3) is 5.56 Å². The maximum atomic E-state index is 12.7. The van der Waals surface area contributed by atoms with Crippen molar-refractivity contribution in [1.82, 2.24) is 19.1 Å². The molecule has 0 saturated heterocycles. The molecule has 4 rings (SSSR count). The molecule has 0 aliphatic carbocycles. The maximum absolute atomic E-state index is 12.7. The van der Waals surface area contributed by atoms with E-state index in [1.807, 2.05) is 43.5 Å². The number of fused-ring (bicyclic) bond motifs is 1. The molecule has 0 aliphatic rings. The molecule has 28 heavy (non-hydrogen) atoms. The molecule has 0 fully saturated rings. The van der Waals surface area contributed by atoms with Crippen molar-refractivity contribution in [3.8, 4) is 11.3 Å². The fourth-order valence-corrected chi connectivity index (χ4v) is 4.24. The topological polar surface area (TPSA) is 89.8 Å². The standard InChI is InChI=1S/C19H17N5O2S2/c1-3-13-7-14-18(28-13)20-10-24(19(14)26)8-17(25)21-15-6-12(5-4-11(15)2)16-9-27-23-22-16/h4-7,9-10H,3,8H2,1-2H3,(H,21,25). The van der Waals surface area contributed by atoms with Gasteiger partial charge < -0.3 is 5.32 Å². The smallest absolute Gasteiger partial charge is 0.262 e. The number of hydrogen-bond acceptors (Lipinski definition) is 7. The maximum Gasteiger partial charge on any atom is 0.262 e. The highest BCUT2D eigenvalue weighted by atomic mass is 32.1. The molecule has 0 radical (unpaired) electrons. The number of anilines is 1. The highest BCUT2D eigenvalue weighted by molar-refractivity contribution is 7.18. The van der Waals surface area contributed by atoms with Crippen molar-refractivity contribution in [3.05, 3.63) is 56.8 Å². The van der Waals surface area contributed by atoms with Gasteiger partial charge in [-0.15, -0.1) is 16.4 Å². The summed E-state index contributed by atoms with van der Waals surface area (Å²) in [6.45, 7) is 3.85. The first kappa shape index (κ1) is 18.5. The van der Waals surface area contributed by atoms with E-state index in [1.165, 1.54) is 33.8 Å². The number of hydrogen-bond donors (Lipinski definition) is 1. The summed E-state index contributed by atoms with van der Waals surface area (Å²) in [7, 11) is 0. The van der Waals surface area contributed by atoms with Crippen molar-refractivity contribution >= 4 is 44.7 Å². The van der Waals surface area contributed by atoms with E-state index in [9.17, 15) is 9.59 Å². The largest absolute Gasteiger partial charge is 0.324 e. The predicted molar refractivity (Wildman–Crippen MR) is 112 cm³/mol. The number of aryl methyl sites for hydroxylation is 2. The molecule has 0 spiro atoms. The molecule has 1 N–H and O–H groups in total. The highest BCUT2D eigenvalue weighted by Gasteiger charge is 2.12. The number of nitrogens with one attached hydrogen (secondary N) is 1. The average molecular weight is 412 g/mol. The fourth-order valence-electron chi connectivity index (χ4n) is 2.85. The number of thiophene rings is 1. The number of amides is 1. The minimum atomic E-state index is -0.286. The first-order chi connectivity index (χ1) is 13.5. The Morgan fingerprint density at radius 1 is 1.29 bits per heavy atom. The van der Waals surface area contributed by atoms with Gasteiger partial charge in [-0.05, 0) is 42.6 Å². The number of carbonyl (C=O) groups excluding carboxylic acids is 1. The van der Waals surface area contributed by atoms with Crippen LogP contribution in [0.25, 0.3) is 21.5 Å². The normalized spacial score (nSPS) is 11.1. The van der Waals surface area contributed by atoms with Crippen molar-refractivity contribution in [3.63, 3.8) is 0 Å². The Labute approximate surface area is 168 Å². The van der Waals surface area contributed by atoms with E-state index < -0.39 is 0 Å². The van der Waals surface area contributed by atoms with E-state index >= 15 is 0 Å². The summed E-state index contributed by atoms with van der Waals surface area (Å²) in [4.78, 5) is 31.4. The van der Waals surface area contributed by atoms with Gasteiger partial charge in [0.15, 0.2) is 0 Å². The van der Waals surface area contributed by atoms with Crippen molar-refractivity contribution in [2.24, 2.45) is 0 Å². The SMILES string of the molecule is CCc1cc2c(=O)n(CC(=O)Nc3cc(-c4csnn4)ccc3C)cnc2s1. The molecule has 4 aromatic rings. The minimum absolute atomic E-state index is 0.0962. The Bertz CT molecular complexity index is 1210. The highest BCUT2D eigenvalue weighted by Crippen LogP contribution is 2.25. The van der Waals surface area contributed by atoms with E-state index in [1.54, 1.807) is 0 Å². The van der Waals surface area contributed by atoms with Gasteiger partial charge in [-0.3, -0.25) is 14.2 Å². The van der Waals surface area contributed by atoms with Gasteiger partial charge in [0.2, 0.25) is 5.91 Å². The number of carbonyl (C=O) groups is 1. The van der Waals surface area contributed by atoms with E-state index in [0.29, 0.717) is 15.9 Å². The predicted octanol–water partition coefficient (Wildman–Crippen LogP) is 3.49. The molecule has 0 bridgehead atoms. The van der Waals surface area contributed by atoms with Crippen LogP contribution in [0.3, 0.4) is 0 Å². The Hall–Kier alpha value is -2.91. The molecule has 0 saturated carbocycles. The van der Waals surface area contributed by atoms with Gasteiger partial charge in [0.05, 0.1) is 11.7 Å². The van der Waals surface area contributed by atoms with E-state index in [2.05, 4.69) is 19.9 Å². The number of nitrogens with zero attached hydrogens (tertiary/aromatic N) is 4. The zero-order valence-corrected chi connectivity index (χ0v) is 16.9. The van der Waals surface area contributed by atoms with E-state index in [4.69, 9.17) is 0 Å². The molecular formula is C19H17N5O2S2. The van der Waals surface area contributed by atoms with Gasteiger partial charge in [0.1, 0.15) is 17.1 Å². The van der Waals surface area contributed by atoms with Gasteiger partial charge in [-0.25, -0.2) is 4.98 Å². The molecule has 9 heteroatoms. The lowest BCUT2D eigenvalue weighted by molar-refractivity contribution is -0.116. The summed E-state index contributed by atoms with van der Waals surface area (Å²) in [5.41, 5.74) is 3.04. The molecule has 0 atom stereocenters. The van der Waals surface area contributed by atoms with Gasteiger partial charge >= 0.3 is 0 Å². The molecule has 142 valence electrons. The van der Waals surface area contributed by atoms with Gasteiger partial charge in [-0.1, -0.05) is 23.5 Å². The summed E-state index contributed by atoms with van der Waals surface area (Å²) in [6, 6.07) is 7.58. The molecule has 1 amide bonds. The number of aromatic nitrogens is 4. The van der Waals surface area contributed by atoms with E-state index in [-0.39, 0.29) is 18.0 Å². The third-order valence-electron chi connectivity index (χ3n) is 4.40. The second-order valence-corrected chi connectivity index (χ2v) is 8.06. The zero-order chi connectivity index (χ0) is 19.7. The van der Waals surface area contributed by atoms with Crippen LogP contribution < -0.4 is 10.9 Å². The van der Waals surface area contributed by atoms with Crippen LogP contribution in [-0.2, 0) is 17.8 Å². The van der Waals surface area contributed by atoms with Gasteiger partial charge in [0, 0.05) is 21.5 Å². The Morgan fingerprint density at radius 2 is 2.14 bits per heavy atom. The summed E-state index contributed by atoms with van der Waals surface area (Å²) in [6.07, 6.45) is 2.29. The minimum Gasteiger partial charge on any atom is -0.324 e. The molecule has 7 nitrogen and oxygen atoms in total. The van der Waals surface area contributed by atoms with Crippen molar-refractivity contribution < 1.29 is 4.79 Å². The Kier molecular flexibility index (Phi) is 5.01. The quantitative estimate of drug-likeness (QED) is 0.543. The van der Waals surface area contributed by atoms with Crippen molar-refractivity contribution in [2.45, 2.75) is 26.8 Å². The third kappa shape index (κ3) is 3.58. The first-order valence-electron chi connectivity index (χ1n) is 8.71. The van der Waals surface area contributed by atoms with Crippen LogP contribution in [0, 0.1) is 6.92 Å². The van der Waals surface area contributed by atoms with Crippen molar-refractivity contribution in [1.29, 1.82) is 0 Å². The molecule has 0 aliphatic heterocycles. The third-order valence-corrected chi connectivity index (χ3v) is 6.09.